The van der Waals surface area contributed by atoms with Crippen LogP contribution in [0.2, 0.25) is 0 Å². The standard InChI is InChI=1S/C16H14FNO4/c1-21-16(20)11-5-2-4-10(8-11)9-22-14-12(15(18)19)6-3-7-13(14)17/h2-8H,9H2,1H3,(H2,18,19). The first-order valence-electron chi connectivity index (χ1n) is 6.41. The molecule has 114 valence electrons. The molecule has 1 amide bonds. The van der Waals surface area contributed by atoms with Gasteiger partial charge in [0.25, 0.3) is 5.91 Å². The van der Waals surface area contributed by atoms with E-state index < -0.39 is 17.7 Å². The fourth-order valence-electron chi connectivity index (χ4n) is 1.91. The molecule has 0 aliphatic rings. The van der Waals surface area contributed by atoms with Crippen molar-refractivity contribution >= 4 is 11.9 Å². The van der Waals surface area contributed by atoms with E-state index in [0.29, 0.717) is 11.1 Å². The van der Waals surface area contributed by atoms with Crippen molar-refractivity contribution < 1.29 is 23.5 Å². The molecule has 0 aliphatic heterocycles. The predicted molar refractivity (Wildman–Crippen MR) is 77.0 cm³/mol. The molecule has 0 radical (unpaired) electrons. The van der Waals surface area contributed by atoms with Crippen LogP contribution in [0.3, 0.4) is 0 Å². The number of hydrogen-bond acceptors (Lipinski definition) is 4. The fourth-order valence-corrected chi connectivity index (χ4v) is 1.91. The summed E-state index contributed by atoms with van der Waals surface area (Å²) in [6.45, 7) is -0.0218. The van der Waals surface area contributed by atoms with Gasteiger partial charge in [-0.2, -0.15) is 0 Å². The van der Waals surface area contributed by atoms with Crippen molar-refractivity contribution in [3.8, 4) is 5.75 Å². The highest BCUT2D eigenvalue weighted by atomic mass is 19.1. The normalized spacial score (nSPS) is 10.1. The van der Waals surface area contributed by atoms with E-state index in [0.717, 1.165) is 0 Å². The minimum absolute atomic E-state index is 0.0218. The Labute approximate surface area is 126 Å². The zero-order valence-corrected chi connectivity index (χ0v) is 11.8. The molecule has 0 bridgehead atoms. The number of rotatable bonds is 5. The molecule has 22 heavy (non-hydrogen) atoms. The quantitative estimate of drug-likeness (QED) is 0.860. The largest absolute Gasteiger partial charge is 0.485 e. The average molecular weight is 303 g/mol. The van der Waals surface area contributed by atoms with Crippen LogP contribution >= 0.6 is 0 Å². The van der Waals surface area contributed by atoms with Gasteiger partial charge in [-0.05, 0) is 29.8 Å². The molecule has 6 heteroatoms. The monoisotopic (exact) mass is 303 g/mol. The van der Waals surface area contributed by atoms with Crippen LogP contribution < -0.4 is 10.5 Å². The molecular formula is C16H14FNO4. The van der Waals surface area contributed by atoms with E-state index in [1.165, 1.54) is 25.3 Å². The second-order valence-corrected chi connectivity index (χ2v) is 4.46. The van der Waals surface area contributed by atoms with Crippen LogP contribution in [0.15, 0.2) is 42.5 Å². The molecule has 2 aromatic rings. The van der Waals surface area contributed by atoms with Crippen LogP contribution in [-0.4, -0.2) is 19.0 Å². The Balaban J connectivity index is 2.21. The number of carbonyl (C=O) groups is 2. The Morgan fingerprint density at radius 1 is 1.18 bits per heavy atom. The second-order valence-electron chi connectivity index (χ2n) is 4.46. The van der Waals surface area contributed by atoms with Gasteiger partial charge < -0.3 is 15.2 Å². The van der Waals surface area contributed by atoms with Gasteiger partial charge in [0.1, 0.15) is 6.61 Å². The van der Waals surface area contributed by atoms with Crippen molar-refractivity contribution in [2.24, 2.45) is 5.73 Å². The summed E-state index contributed by atoms with van der Waals surface area (Å²) in [5.74, 6) is -2.15. The van der Waals surface area contributed by atoms with Gasteiger partial charge in [-0.3, -0.25) is 4.79 Å². The maximum Gasteiger partial charge on any atom is 0.337 e. The molecular weight excluding hydrogens is 289 g/mol. The number of nitrogens with two attached hydrogens (primary N) is 1. The molecule has 2 rings (SSSR count). The van der Waals surface area contributed by atoms with E-state index in [4.69, 9.17) is 10.5 Å². The summed E-state index contributed by atoms with van der Waals surface area (Å²) in [6, 6.07) is 10.4. The highest BCUT2D eigenvalue weighted by Gasteiger charge is 2.14. The lowest BCUT2D eigenvalue weighted by molar-refractivity contribution is 0.0600. The zero-order valence-electron chi connectivity index (χ0n) is 11.8. The van der Waals surface area contributed by atoms with Crippen molar-refractivity contribution in [3.05, 3.63) is 65.0 Å². The Kier molecular flexibility index (Phi) is 4.73. The average Bonchev–Trinajstić information content (AvgIpc) is 2.52. The van der Waals surface area contributed by atoms with Gasteiger partial charge in [-0.1, -0.05) is 18.2 Å². The topological polar surface area (TPSA) is 78.6 Å². The molecule has 0 aromatic heterocycles. The molecule has 0 saturated carbocycles. The summed E-state index contributed by atoms with van der Waals surface area (Å²) in [7, 11) is 1.28. The third-order valence-corrected chi connectivity index (χ3v) is 2.96. The maximum absolute atomic E-state index is 13.8. The second kappa shape index (κ2) is 6.71. The van der Waals surface area contributed by atoms with Crippen molar-refractivity contribution in [3.63, 3.8) is 0 Å². The van der Waals surface area contributed by atoms with Crippen molar-refractivity contribution in [2.45, 2.75) is 6.61 Å². The van der Waals surface area contributed by atoms with Crippen molar-refractivity contribution in [1.29, 1.82) is 0 Å². The summed E-state index contributed by atoms with van der Waals surface area (Å²) >= 11 is 0. The van der Waals surface area contributed by atoms with E-state index in [2.05, 4.69) is 4.74 Å². The van der Waals surface area contributed by atoms with Gasteiger partial charge in [-0.25, -0.2) is 9.18 Å². The molecule has 0 heterocycles. The molecule has 0 atom stereocenters. The highest BCUT2D eigenvalue weighted by Crippen LogP contribution is 2.23. The predicted octanol–water partition coefficient (Wildman–Crippen LogP) is 2.29. The molecule has 0 unspecified atom stereocenters. The zero-order chi connectivity index (χ0) is 16.1. The SMILES string of the molecule is COC(=O)c1cccc(COc2c(F)cccc2C(N)=O)c1. The number of para-hydroxylation sites is 1. The van der Waals surface area contributed by atoms with Gasteiger partial charge in [-0.15, -0.1) is 0 Å². The van der Waals surface area contributed by atoms with Crippen molar-refractivity contribution in [2.75, 3.05) is 7.11 Å². The fraction of sp³-hybridized carbons (Fsp3) is 0.125. The van der Waals surface area contributed by atoms with Gasteiger partial charge in [0, 0.05) is 0 Å². The Morgan fingerprint density at radius 3 is 2.59 bits per heavy atom. The lowest BCUT2D eigenvalue weighted by atomic mass is 10.1. The smallest absolute Gasteiger partial charge is 0.337 e. The van der Waals surface area contributed by atoms with E-state index in [-0.39, 0.29) is 17.9 Å². The third kappa shape index (κ3) is 3.41. The van der Waals surface area contributed by atoms with Crippen molar-refractivity contribution in [1.82, 2.24) is 0 Å². The Hall–Kier alpha value is -2.89. The Morgan fingerprint density at radius 2 is 1.91 bits per heavy atom. The lowest BCUT2D eigenvalue weighted by Gasteiger charge is -2.11. The van der Waals surface area contributed by atoms with Gasteiger partial charge in [0.15, 0.2) is 11.6 Å². The maximum atomic E-state index is 13.8. The van der Waals surface area contributed by atoms with Gasteiger partial charge in [0.2, 0.25) is 0 Å². The number of methoxy groups -OCH3 is 1. The summed E-state index contributed by atoms with van der Waals surface area (Å²) in [4.78, 5) is 22.7. The molecule has 0 saturated heterocycles. The van der Waals surface area contributed by atoms with E-state index in [1.807, 2.05) is 0 Å². The molecule has 2 aromatic carbocycles. The number of carbonyl (C=O) groups excluding carboxylic acids is 2. The molecule has 2 N–H and O–H groups in total. The first-order valence-corrected chi connectivity index (χ1v) is 6.41. The van der Waals surface area contributed by atoms with Crippen LogP contribution in [0.4, 0.5) is 4.39 Å². The summed E-state index contributed by atoms with van der Waals surface area (Å²) in [5, 5.41) is 0. The Bertz CT molecular complexity index is 715. The number of esters is 1. The van der Waals surface area contributed by atoms with Crippen LogP contribution in [-0.2, 0) is 11.3 Å². The van der Waals surface area contributed by atoms with E-state index in [1.54, 1.807) is 24.3 Å². The number of ether oxygens (including phenoxy) is 2. The van der Waals surface area contributed by atoms with Crippen LogP contribution in [0.1, 0.15) is 26.3 Å². The minimum Gasteiger partial charge on any atom is -0.485 e. The van der Waals surface area contributed by atoms with Gasteiger partial charge >= 0.3 is 5.97 Å². The molecule has 5 nitrogen and oxygen atoms in total. The number of halogens is 1. The molecule has 0 aliphatic carbocycles. The summed E-state index contributed by atoms with van der Waals surface area (Å²) < 4.78 is 23.7. The minimum atomic E-state index is -0.780. The highest BCUT2D eigenvalue weighted by molar-refractivity contribution is 5.95. The van der Waals surface area contributed by atoms with E-state index in [9.17, 15) is 14.0 Å². The van der Waals surface area contributed by atoms with Crippen LogP contribution in [0, 0.1) is 5.82 Å². The van der Waals surface area contributed by atoms with Crippen LogP contribution in [0.5, 0.6) is 5.75 Å². The first-order chi connectivity index (χ1) is 10.5. The number of hydrogen-bond donors (Lipinski definition) is 1. The van der Waals surface area contributed by atoms with Gasteiger partial charge in [0.05, 0.1) is 18.2 Å². The summed E-state index contributed by atoms with van der Waals surface area (Å²) in [5.41, 5.74) is 6.13. The number of benzene rings is 2. The molecule has 0 spiro atoms. The number of primary amides is 1. The lowest BCUT2D eigenvalue weighted by Crippen LogP contribution is -2.14. The third-order valence-electron chi connectivity index (χ3n) is 2.96. The summed E-state index contributed by atoms with van der Waals surface area (Å²) in [6.07, 6.45) is 0. The molecule has 0 fully saturated rings. The van der Waals surface area contributed by atoms with Crippen LogP contribution in [0.25, 0.3) is 0 Å². The number of amides is 1. The first kappa shape index (κ1) is 15.5. The van der Waals surface area contributed by atoms with E-state index >= 15 is 0 Å².